The topological polar surface area (TPSA) is 78.9 Å². The van der Waals surface area contributed by atoms with Crippen molar-refractivity contribution < 1.29 is 28.6 Å². The van der Waals surface area contributed by atoms with Crippen LogP contribution in [-0.4, -0.2) is 37.2 Å². The molecule has 0 radical (unpaired) electrons. The lowest BCUT2D eigenvalue weighted by Crippen LogP contribution is -2.30. The van der Waals surface area contributed by atoms with Crippen LogP contribution in [0.4, 0.5) is 0 Å². The summed E-state index contributed by atoms with van der Waals surface area (Å²) in [6, 6.07) is 0. The fourth-order valence-corrected chi connectivity index (χ4v) is 10.6. The molecule has 0 amide bonds. The average molecular weight is 1130 g/mol. The van der Waals surface area contributed by atoms with Gasteiger partial charge < -0.3 is 14.2 Å². The van der Waals surface area contributed by atoms with Gasteiger partial charge in [-0.05, 0) is 109 Å². The molecule has 6 nitrogen and oxygen atoms in total. The van der Waals surface area contributed by atoms with Crippen molar-refractivity contribution in [3.63, 3.8) is 0 Å². The molecular formula is C75H136O6. The van der Waals surface area contributed by atoms with Gasteiger partial charge in [-0.15, -0.1) is 0 Å². The van der Waals surface area contributed by atoms with Gasteiger partial charge in [-0.1, -0.05) is 313 Å². The van der Waals surface area contributed by atoms with Crippen molar-refractivity contribution in [1.82, 2.24) is 0 Å². The molecule has 0 aromatic carbocycles. The van der Waals surface area contributed by atoms with E-state index < -0.39 is 6.10 Å². The van der Waals surface area contributed by atoms with E-state index in [1.54, 1.807) is 0 Å². The molecule has 1 atom stereocenters. The molecule has 0 saturated carbocycles. The van der Waals surface area contributed by atoms with E-state index in [2.05, 4.69) is 81.5 Å². The summed E-state index contributed by atoms with van der Waals surface area (Å²) < 4.78 is 17.0. The molecule has 0 rings (SSSR count). The summed E-state index contributed by atoms with van der Waals surface area (Å²) in [5.74, 6) is -0.869. The van der Waals surface area contributed by atoms with E-state index in [0.717, 1.165) is 83.5 Å². The monoisotopic (exact) mass is 1130 g/mol. The summed E-state index contributed by atoms with van der Waals surface area (Å²) in [7, 11) is 0. The standard InChI is InChI=1S/C75H136O6/c1-4-7-10-13-16-19-22-25-28-30-32-34-36-37-39-40-42-44-47-50-53-56-59-62-65-68-74(77)80-71-72(70-79-73(76)67-64-61-58-55-52-49-46-27-24-21-18-15-12-9-6-3)81-75(78)69-66-63-60-57-54-51-48-45-43-41-38-35-33-31-29-26-23-20-17-14-11-8-5-2/h18,21-22,25,27,30-33,46,72H,4-17,19-20,23-24,26,28-29,34-45,47-71H2,1-3H3/b21-18-,25-22-,32-30-,33-31-,46-27-. The Labute approximate surface area is 504 Å². The van der Waals surface area contributed by atoms with Gasteiger partial charge in [0.25, 0.3) is 0 Å². The second-order valence-electron chi connectivity index (χ2n) is 24.1. The lowest BCUT2D eigenvalue weighted by molar-refractivity contribution is -0.167. The van der Waals surface area contributed by atoms with Crippen molar-refractivity contribution >= 4 is 17.9 Å². The largest absolute Gasteiger partial charge is 0.462 e. The Hall–Kier alpha value is -2.89. The third kappa shape index (κ3) is 67.8. The maximum Gasteiger partial charge on any atom is 0.306 e. The van der Waals surface area contributed by atoms with Gasteiger partial charge in [0.15, 0.2) is 6.10 Å². The quantitative estimate of drug-likeness (QED) is 0.0261. The van der Waals surface area contributed by atoms with Gasteiger partial charge >= 0.3 is 17.9 Å². The molecule has 6 heteroatoms. The minimum atomic E-state index is -0.782. The van der Waals surface area contributed by atoms with E-state index in [-0.39, 0.29) is 31.1 Å². The van der Waals surface area contributed by atoms with Crippen molar-refractivity contribution in [3.8, 4) is 0 Å². The number of ether oxygens (including phenoxy) is 3. The molecule has 81 heavy (non-hydrogen) atoms. The SMILES string of the molecule is CCCCC/C=C\C/C=C\CCCCCCCC(=O)OCC(COC(=O)CCCCCCCCCCCCCCC/C=C\C/C=C\CCCCCCC)OC(=O)CCCCCCCCCCCCC/C=C\CCCCCCCCCC. The number of rotatable bonds is 66. The highest BCUT2D eigenvalue weighted by atomic mass is 16.6. The van der Waals surface area contributed by atoms with E-state index in [0.29, 0.717) is 19.3 Å². The van der Waals surface area contributed by atoms with Gasteiger partial charge in [0.05, 0.1) is 0 Å². The molecule has 0 bridgehead atoms. The van der Waals surface area contributed by atoms with Gasteiger partial charge in [-0.2, -0.15) is 0 Å². The molecule has 0 fully saturated rings. The van der Waals surface area contributed by atoms with Gasteiger partial charge in [0.2, 0.25) is 0 Å². The van der Waals surface area contributed by atoms with E-state index in [1.165, 1.54) is 257 Å². The molecule has 0 aliphatic heterocycles. The van der Waals surface area contributed by atoms with Crippen molar-refractivity contribution in [2.75, 3.05) is 13.2 Å². The Balaban J connectivity index is 4.30. The first-order valence-electron chi connectivity index (χ1n) is 35.8. The maximum absolute atomic E-state index is 13.0. The molecular weight excluding hydrogens is 997 g/mol. The molecule has 1 unspecified atom stereocenters. The lowest BCUT2D eigenvalue weighted by atomic mass is 10.0. The minimum Gasteiger partial charge on any atom is -0.462 e. The summed E-state index contributed by atoms with van der Waals surface area (Å²) in [5, 5.41) is 0. The van der Waals surface area contributed by atoms with Gasteiger partial charge in [0, 0.05) is 19.3 Å². The van der Waals surface area contributed by atoms with Crippen LogP contribution in [0.1, 0.15) is 380 Å². The highest BCUT2D eigenvalue weighted by molar-refractivity contribution is 5.71. The van der Waals surface area contributed by atoms with E-state index >= 15 is 0 Å². The van der Waals surface area contributed by atoms with E-state index in [9.17, 15) is 14.4 Å². The highest BCUT2D eigenvalue weighted by Gasteiger charge is 2.19. The van der Waals surface area contributed by atoms with Gasteiger partial charge in [0.1, 0.15) is 13.2 Å². The average Bonchev–Trinajstić information content (AvgIpc) is 3.47. The lowest BCUT2D eigenvalue weighted by Gasteiger charge is -2.18. The smallest absolute Gasteiger partial charge is 0.306 e. The number of unbranched alkanes of at least 4 members (excludes halogenated alkanes) is 45. The molecule has 0 N–H and O–H groups in total. The number of hydrogen-bond acceptors (Lipinski definition) is 6. The zero-order valence-electron chi connectivity index (χ0n) is 54.3. The molecule has 472 valence electrons. The second-order valence-corrected chi connectivity index (χ2v) is 24.1. The van der Waals surface area contributed by atoms with Crippen LogP contribution in [0.5, 0.6) is 0 Å². The van der Waals surface area contributed by atoms with Gasteiger partial charge in [-0.3, -0.25) is 14.4 Å². The number of carbonyl (C=O) groups is 3. The first kappa shape index (κ1) is 78.1. The molecule has 0 heterocycles. The first-order chi connectivity index (χ1) is 40.0. The molecule has 0 aliphatic carbocycles. The van der Waals surface area contributed by atoms with Crippen LogP contribution in [0.15, 0.2) is 60.8 Å². The van der Waals surface area contributed by atoms with Crippen molar-refractivity contribution in [2.24, 2.45) is 0 Å². The molecule has 0 aromatic heterocycles. The summed E-state index contributed by atoms with van der Waals surface area (Å²) in [4.78, 5) is 38.5. The summed E-state index contributed by atoms with van der Waals surface area (Å²) in [6.07, 6.45) is 89.6. The third-order valence-electron chi connectivity index (χ3n) is 16.0. The second kappa shape index (κ2) is 69.6. The Morgan fingerprint density at radius 2 is 0.444 bits per heavy atom. The predicted octanol–water partition coefficient (Wildman–Crippen LogP) is 24.7. The third-order valence-corrected chi connectivity index (χ3v) is 16.0. The van der Waals surface area contributed by atoms with Crippen LogP contribution in [-0.2, 0) is 28.6 Å². The Morgan fingerprint density at radius 3 is 0.716 bits per heavy atom. The number of esters is 3. The van der Waals surface area contributed by atoms with Crippen LogP contribution in [0.2, 0.25) is 0 Å². The van der Waals surface area contributed by atoms with Crippen molar-refractivity contribution in [3.05, 3.63) is 60.8 Å². The van der Waals surface area contributed by atoms with Crippen LogP contribution < -0.4 is 0 Å². The molecule has 0 spiro atoms. The molecule has 0 aromatic rings. The number of hydrogen-bond donors (Lipinski definition) is 0. The van der Waals surface area contributed by atoms with Crippen LogP contribution >= 0.6 is 0 Å². The van der Waals surface area contributed by atoms with E-state index in [4.69, 9.17) is 14.2 Å². The van der Waals surface area contributed by atoms with Crippen molar-refractivity contribution in [1.29, 1.82) is 0 Å². The van der Waals surface area contributed by atoms with Gasteiger partial charge in [-0.25, -0.2) is 0 Å². The zero-order chi connectivity index (χ0) is 58.5. The van der Waals surface area contributed by atoms with Crippen molar-refractivity contribution in [2.45, 2.75) is 386 Å². The number of allylic oxidation sites excluding steroid dienone is 10. The summed E-state index contributed by atoms with van der Waals surface area (Å²) in [6.45, 7) is 6.65. The summed E-state index contributed by atoms with van der Waals surface area (Å²) in [5.41, 5.74) is 0. The normalized spacial score (nSPS) is 12.4. The highest BCUT2D eigenvalue weighted by Crippen LogP contribution is 2.18. The zero-order valence-corrected chi connectivity index (χ0v) is 54.3. The number of carbonyl (C=O) groups excluding carboxylic acids is 3. The Kier molecular flexibility index (Phi) is 67.1. The first-order valence-corrected chi connectivity index (χ1v) is 35.8. The Bertz CT molecular complexity index is 1440. The maximum atomic E-state index is 13.0. The van der Waals surface area contributed by atoms with Crippen LogP contribution in [0, 0.1) is 0 Å². The molecule has 0 saturated heterocycles. The van der Waals surface area contributed by atoms with E-state index in [1.807, 2.05) is 0 Å². The van der Waals surface area contributed by atoms with Crippen LogP contribution in [0.3, 0.4) is 0 Å². The fourth-order valence-electron chi connectivity index (χ4n) is 10.6. The van der Waals surface area contributed by atoms with Crippen LogP contribution in [0.25, 0.3) is 0 Å². The minimum absolute atomic E-state index is 0.0766. The molecule has 0 aliphatic rings. The predicted molar refractivity (Wildman–Crippen MR) is 353 cm³/mol. The Morgan fingerprint density at radius 1 is 0.247 bits per heavy atom. The summed E-state index contributed by atoms with van der Waals surface area (Å²) >= 11 is 0. The fraction of sp³-hybridized carbons (Fsp3) is 0.827.